The van der Waals surface area contributed by atoms with E-state index < -0.39 is 0 Å². The van der Waals surface area contributed by atoms with Crippen LogP contribution in [0.5, 0.6) is 0 Å². The minimum absolute atomic E-state index is 0.0344. The van der Waals surface area contributed by atoms with Gasteiger partial charge < -0.3 is 4.90 Å². The number of rotatable bonds is 4. The molecule has 0 fully saturated rings. The first-order valence-electron chi connectivity index (χ1n) is 6.01. The maximum absolute atomic E-state index is 6.15. The van der Waals surface area contributed by atoms with Crippen LogP contribution < -0.4 is 4.90 Å². The van der Waals surface area contributed by atoms with E-state index in [4.69, 9.17) is 23.2 Å². The summed E-state index contributed by atoms with van der Waals surface area (Å²) in [7, 11) is 0. The molecule has 0 spiro atoms. The molecule has 0 radical (unpaired) electrons. The van der Waals surface area contributed by atoms with Gasteiger partial charge in [0.05, 0.1) is 6.04 Å². The summed E-state index contributed by atoms with van der Waals surface area (Å²) in [5.74, 6) is 0. The molecule has 2 rings (SSSR count). The van der Waals surface area contributed by atoms with E-state index in [0.29, 0.717) is 10.7 Å². The van der Waals surface area contributed by atoms with Gasteiger partial charge >= 0.3 is 0 Å². The summed E-state index contributed by atoms with van der Waals surface area (Å²) in [6.45, 7) is 4.92. The largest absolute Gasteiger partial charge is 0.363 e. The second-order valence-corrected chi connectivity index (χ2v) is 4.81. The molecular formula is C13H14Cl2N4. The van der Waals surface area contributed by atoms with E-state index in [1.54, 1.807) is 0 Å². The zero-order valence-electron chi connectivity index (χ0n) is 10.7. The zero-order valence-corrected chi connectivity index (χ0v) is 12.2. The summed E-state index contributed by atoms with van der Waals surface area (Å²) in [6, 6.07) is 10.0. The van der Waals surface area contributed by atoms with Gasteiger partial charge in [-0.15, -0.1) is 10.2 Å². The summed E-state index contributed by atoms with van der Waals surface area (Å²) in [4.78, 5) is 2.17. The second kappa shape index (κ2) is 6.17. The van der Waals surface area contributed by atoms with Gasteiger partial charge in [0.15, 0.2) is 5.15 Å². The van der Waals surface area contributed by atoms with Crippen LogP contribution in [0.3, 0.4) is 0 Å². The van der Waals surface area contributed by atoms with Crippen molar-refractivity contribution in [2.45, 2.75) is 19.9 Å². The minimum Gasteiger partial charge on any atom is -0.363 e. The van der Waals surface area contributed by atoms with Crippen LogP contribution in [0.25, 0.3) is 0 Å². The Labute approximate surface area is 122 Å². The normalized spacial score (nSPS) is 12.2. The molecule has 0 aliphatic heterocycles. The topological polar surface area (TPSA) is 41.9 Å². The quantitative estimate of drug-likeness (QED) is 0.861. The van der Waals surface area contributed by atoms with Crippen molar-refractivity contribution >= 4 is 28.9 Å². The SMILES string of the molecule is CCN(c1ccccc1)C(C)c1nnnc(Cl)c1Cl. The molecule has 1 aromatic carbocycles. The van der Waals surface area contributed by atoms with Crippen LogP contribution >= 0.6 is 23.2 Å². The zero-order chi connectivity index (χ0) is 13.8. The van der Waals surface area contributed by atoms with Crippen molar-refractivity contribution < 1.29 is 0 Å². The molecule has 0 saturated heterocycles. The Morgan fingerprint density at radius 2 is 1.84 bits per heavy atom. The Kier molecular flexibility index (Phi) is 4.56. The van der Waals surface area contributed by atoms with Gasteiger partial charge in [0.1, 0.15) is 10.7 Å². The molecule has 0 amide bonds. The van der Waals surface area contributed by atoms with Crippen molar-refractivity contribution in [3.63, 3.8) is 0 Å². The van der Waals surface area contributed by atoms with Gasteiger partial charge in [0, 0.05) is 12.2 Å². The summed E-state index contributed by atoms with van der Waals surface area (Å²) >= 11 is 12.0. The predicted octanol–water partition coefficient (Wildman–Crippen LogP) is 3.77. The van der Waals surface area contributed by atoms with Crippen molar-refractivity contribution in [3.8, 4) is 0 Å². The molecule has 2 aromatic rings. The molecule has 19 heavy (non-hydrogen) atoms. The third-order valence-corrected chi connectivity index (χ3v) is 3.72. The molecule has 0 N–H and O–H groups in total. The lowest BCUT2D eigenvalue weighted by Crippen LogP contribution is -2.27. The maximum Gasteiger partial charge on any atom is 0.174 e. The molecule has 1 aromatic heterocycles. The van der Waals surface area contributed by atoms with Gasteiger partial charge in [-0.1, -0.05) is 41.4 Å². The number of aromatic nitrogens is 3. The van der Waals surface area contributed by atoms with Crippen LogP contribution in [0.4, 0.5) is 5.69 Å². The molecule has 0 saturated carbocycles. The van der Waals surface area contributed by atoms with Gasteiger partial charge in [-0.05, 0) is 31.2 Å². The Morgan fingerprint density at radius 3 is 2.47 bits per heavy atom. The second-order valence-electron chi connectivity index (χ2n) is 4.08. The third-order valence-electron chi connectivity index (χ3n) is 2.98. The van der Waals surface area contributed by atoms with Gasteiger partial charge in [0.2, 0.25) is 0 Å². The fourth-order valence-electron chi connectivity index (χ4n) is 2.02. The number of benzene rings is 1. The summed E-state index contributed by atoms with van der Waals surface area (Å²) in [5, 5.41) is 11.8. The average molecular weight is 297 g/mol. The number of hydrogen-bond acceptors (Lipinski definition) is 4. The fourth-order valence-corrected chi connectivity index (χ4v) is 2.38. The summed E-state index contributed by atoms with van der Waals surface area (Å²) in [6.07, 6.45) is 0. The van der Waals surface area contributed by atoms with Crippen LogP contribution in [-0.2, 0) is 0 Å². The van der Waals surface area contributed by atoms with E-state index >= 15 is 0 Å². The first-order valence-corrected chi connectivity index (χ1v) is 6.76. The Balaban J connectivity index is 2.36. The highest BCUT2D eigenvalue weighted by atomic mass is 35.5. The smallest absolute Gasteiger partial charge is 0.174 e. The number of halogens is 2. The highest BCUT2D eigenvalue weighted by Gasteiger charge is 2.21. The third kappa shape index (κ3) is 2.96. The number of hydrogen-bond donors (Lipinski definition) is 0. The summed E-state index contributed by atoms with van der Waals surface area (Å²) in [5.41, 5.74) is 1.73. The van der Waals surface area contributed by atoms with Gasteiger partial charge in [-0.25, -0.2) is 0 Å². The highest BCUT2D eigenvalue weighted by molar-refractivity contribution is 6.41. The summed E-state index contributed by atoms with van der Waals surface area (Å²) < 4.78 is 0. The lowest BCUT2D eigenvalue weighted by molar-refractivity contribution is 0.645. The molecule has 0 aliphatic carbocycles. The molecule has 1 heterocycles. The van der Waals surface area contributed by atoms with Crippen LogP contribution in [-0.4, -0.2) is 22.0 Å². The molecule has 0 bridgehead atoms. The van der Waals surface area contributed by atoms with Crippen molar-refractivity contribution in [3.05, 3.63) is 46.2 Å². The molecule has 1 unspecified atom stereocenters. The van der Waals surface area contributed by atoms with E-state index in [-0.39, 0.29) is 11.2 Å². The molecule has 4 nitrogen and oxygen atoms in total. The standard InChI is InChI=1S/C13H14Cl2N4/c1-3-19(10-7-5-4-6-8-10)9(2)12-11(14)13(15)17-18-16-12/h4-9H,3H2,1-2H3. The minimum atomic E-state index is -0.0344. The van der Waals surface area contributed by atoms with Crippen LogP contribution in [0.2, 0.25) is 10.2 Å². The van der Waals surface area contributed by atoms with E-state index in [1.165, 1.54) is 0 Å². The van der Waals surface area contributed by atoms with E-state index in [1.807, 2.05) is 37.3 Å². The highest BCUT2D eigenvalue weighted by Crippen LogP contribution is 2.31. The van der Waals surface area contributed by atoms with Crippen LogP contribution in [0, 0.1) is 0 Å². The van der Waals surface area contributed by atoms with Gasteiger partial charge in [0.25, 0.3) is 0 Å². The molecule has 0 aliphatic rings. The van der Waals surface area contributed by atoms with Gasteiger partial charge in [-0.2, -0.15) is 0 Å². The van der Waals surface area contributed by atoms with Crippen molar-refractivity contribution in [2.75, 3.05) is 11.4 Å². The average Bonchev–Trinajstić information content (AvgIpc) is 2.44. The van der Waals surface area contributed by atoms with Crippen molar-refractivity contribution in [1.82, 2.24) is 15.4 Å². The number of para-hydroxylation sites is 1. The predicted molar refractivity (Wildman–Crippen MR) is 77.7 cm³/mol. The monoisotopic (exact) mass is 296 g/mol. The number of nitrogens with zero attached hydrogens (tertiary/aromatic N) is 4. The lowest BCUT2D eigenvalue weighted by atomic mass is 10.1. The Hall–Kier alpha value is -1.39. The lowest BCUT2D eigenvalue weighted by Gasteiger charge is -2.29. The van der Waals surface area contributed by atoms with Gasteiger partial charge in [-0.3, -0.25) is 0 Å². The van der Waals surface area contributed by atoms with E-state index in [9.17, 15) is 0 Å². The van der Waals surface area contributed by atoms with Crippen molar-refractivity contribution in [2.24, 2.45) is 0 Å². The fraction of sp³-hybridized carbons (Fsp3) is 0.308. The number of anilines is 1. The van der Waals surface area contributed by atoms with Crippen molar-refractivity contribution in [1.29, 1.82) is 0 Å². The molecular weight excluding hydrogens is 283 g/mol. The molecule has 100 valence electrons. The Bertz CT molecular complexity index is 548. The van der Waals surface area contributed by atoms with Crippen LogP contribution in [0.1, 0.15) is 25.6 Å². The first-order chi connectivity index (χ1) is 9.15. The maximum atomic E-state index is 6.15. The van der Waals surface area contributed by atoms with E-state index in [0.717, 1.165) is 12.2 Å². The first kappa shape index (κ1) is 14.0. The van der Waals surface area contributed by atoms with E-state index in [2.05, 4.69) is 27.2 Å². The Morgan fingerprint density at radius 1 is 1.16 bits per heavy atom. The molecule has 1 atom stereocenters. The molecule has 6 heteroatoms. The van der Waals surface area contributed by atoms with Crippen LogP contribution in [0.15, 0.2) is 30.3 Å².